The van der Waals surface area contributed by atoms with E-state index in [0.717, 1.165) is 6.07 Å². The molecule has 1 rings (SSSR count). The van der Waals surface area contributed by atoms with E-state index in [4.69, 9.17) is 0 Å². The van der Waals surface area contributed by atoms with Crippen LogP contribution in [0.1, 0.15) is 26.3 Å². The molecule has 0 heterocycles. The van der Waals surface area contributed by atoms with Crippen LogP contribution in [0.5, 0.6) is 0 Å². The fraction of sp³-hybridized carbons (Fsp3) is 0.538. The Hall–Kier alpha value is -0.960. The van der Waals surface area contributed by atoms with Crippen molar-refractivity contribution >= 4 is 0 Å². The maximum atomic E-state index is 13.4. The fourth-order valence-corrected chi connectivity index (χ4v) is 1.92. The third-order valence-electron chi connectivity index (χ3n) is 2.96. The molecule has 0 radical (unpaired) electrons. The summed E-state index contributed by atoms with van der Waals surface area (Å²) in [4.78, 5) is 0. The van der Waals surface area contributed by atoms with Crippen LogP contribution in [0.4, 0.5) is 8.78 Å². The Bertz CT molecular complexity index is 340. The Morgan fingerprint density at radius 3 is 2.31 bits per heavy atom. The summed E-state index contributed by atoms with van der Waals surface area (Å²) >= 11 is 0. The van der Waals surface area contributed by atoms with Crippen molar-refractivity contribution in [3.8, 4) is 0 Å². The van der Waals surface area contributed by atoms with Gasteiger partial charge in [-0.3, -0.25) is 0 Å². The molecule has 2 unspecified atom stereocenters. The highest BCUT2D eigenvalue weighted by Gasteiger charge is 2.21. The van der Waals surface area contributed by atoms with Gasteiger partial charge in [-0.05, 0) is 36.8 Å². The molecule has 1 N–H and O–H groups in total. The number of benzene rings is 1. The first-order valence-corrected chi connectivity index (χ1v) is 5.54. The SMILES string of the molecule is CC(C)C(Cc1cccc(F)c1F)C(C)O. The van der Waals surface area contributed by atoms with E-state index in [1.807, 2.05) is 13.8 Å². The zero-order chi connectivity index (χ0) is 12.3. The van der Waals surface area contributed by atoms with Gasteiger partial charge in [-0.25, -0.2) is 8.78 Å². The second-order valence-corrected chi connectivity index (χ2v) is 4.57. The molecule has 0 aliphatic rings. The van der Waals surface area contributed by atoms with Gasteiger partial charge in [0.15, 0.2) is 11.6 Å². The first-order valence-electron chi connectivity index (χ1n) is 5.54. The van der Waals surface area contributed by atoms with Gasteiger partial charge in [0, 0.05) is 0 Å². The lowest BCUT2D eigenvalue weighted by Gasteiger charge is -2.24. The van der Waals surface area contributed by atoms with Crippen molar-refractivity contribution in [3.05, 3.63) is 35.4 Å². The number of aliphatic hydroxyl groups is 1. The minimum Gasteiger partial charge on any atom is -0.393 e. The molecule has 3 heteroatoms. The molecule has 0 spiro atoms. The van der Waals surface area contributed by atoms with Gasteiger partial charge >= 0.3 is 0 Å². The molecule has 0 aromatic heterocycles. The molecular formula is C13H18F2O. The molecule has 0 aliphatic carbocycles. The Labute approximate surface area is 95.1 Å². The van der Waals surface area contributed by atoms with E-state index in [1.54, 1.807) is 13.0 Å². The maximum absolute atomic E-state index is 13.4. The molecule has 0 saturated heterocycles. The summed E-state index contributed by atoms with van der Waals surface area (Å²) in [6, 6.07) is 4.16. The molecule has 0 aliphatic heterocycles. The van der Waals surface area contributed by atoms with Crippen LogP contribution in [-0.4, -0.2) is 11.2 Å². The molecule has 0 bridgehead atoms. The number of hydrogen-bond donors (Lipinski definition) is 1. The molecular weight excluding hydrogens is 210 g/mol. The maximum Gasteiger partial charge on any atom is 0.162 e. The number of hydrogen-bond acceptors (Lipinski definition) is 1. The van der Waals surface area contributed by atoms with Crippen molar-refractivity contribution in [1.29, 1.82) is 0 Å². The minimum absolute atomic E-state index is 0.0590. The third-order valence-corrected chi connectivity index (χ3v) is 2.96. The van der Waals surface area contributed by atoms with Crippen LogP contribution in [-0.2, 0) is 6.42 Å². The van der Waals surface area contributed by atoms with Gasteiger partial charge in [-0.2, -0.15) is 0 Å². The second-order valence-electron chi connectivity index (χ2n) is 4.57. The first-order chi connectivity index (χ1) is 7.43. The lowest BCUT2D eigenvalue weighted by Crippen LogP contribution is -2.25. The summed E-state index contributed by atoms with van der Waals surface area (Å²) in [6.07, 6.45) is -0.165. The molecule has 0 amide bonds. The molecule has 1 aromatic carbocycles. The average molecular weight is 228 g/mol. The van der Waals surface area contributed by atoms with Crippen molar-refractivity contribution in [2.75, 3.05) is 0 Å². The van der Waals surface area contributed by atoms with Crippen LogP contribution in [0.15, 0.2) is 18.2 Å². The normalized spacial score (nSPS) is 15.2. The zero-order valence-electron chi connectivity index (χ0n) is 9.87. The Morgan fingerprint density at radius 1 is 1.19 bits per heavy atom. The molecule has 0 saturated carbocycles. The van der Waals surface area contributed by atoms with E-state index in [-0.39, 0.29) is 11.8 Å². The smallest absolute Gasteiger partial charge is 0.162 e. The van der Waals surface area contributed by atoms with Crippen molar-refractivity contribution in [3.63, 3.8) is 0 Å². The molecule has 16 heavy (non-hydrogen) atoms. The van der Waals surface area contributed by atoms with Gasteiger partial charge < -0.3 is 5.11 Å². The molecule has 2 atom stereocenters. The summed E-state index contributed by atoms with van der Waals surface area (Å²) in [6.45, 7) is 5.62. The van der Waals surface area contributed by atoms with Gasteiger partial charge in [0.25, 0.3) is 0 Å². The van der Waals surface area contributed by atoms with Crippen LogP contribution in [0.3, 0.4) is 0 Å². The largest absolute Gasteiger partial charge is 0.393 e. The van der Waals surface area contributed by atoms with Gasteiger partial charge in [0.2, 0.25) is 0 Å². The van der Waals surface area contributed by atoms with Crippen LogP contribution < -0.4 is 0 Å². The van der Waals surface area contributed by atoms with E-state index < -0.39 is 17.7 Å². The van der Waals surface area contributed by atoms with Gasteiger partial charge in [0.05, 0.1) is 6.10 Å². The molecule has 0 fully saturated rings. The number of rotatable bonds is 4. The van der Waals surface area contributed by atoms with Crippen molar-refractivity contribution in [2.24, 2.45) is 11.8 Å². The van der Waals surface area contributed by atoms with Crippen LogP contribution in [0.25, 0.3) is 0 Å². The number of aliphatic hydroxyl groups excluding tert-OH is 1. The standard InChI is InChI=1S/C13H18F2O/c1-8(2)11(9(3)16)7-10-5-4-6-12(14)13(10)15/h4-6,8-9,11,16H,7H2,1-3H3. The fourth-order valence-electron chi connectivity index (χ4n) is 1.92. The van der Waals surface area contributed by atoms with Crippen molar-refractivity contribution in [1.82, 2.24) is 0 Å². The van der Waals surface area contributed by atoms with Crippen LogP contribution in [0.2, 0.25) is 0 Å². The van der Waals surface area contributed by atoms with Crippen molar-refractivity contribution in [2.45, 2.75) is 33.3 Å². The summed E-state index contributed by atoms with van der Waals surface area (Å²) < 4.78 is 26.4. The minimum atomic E-state index is -0.828. The second kappa shape index (κ2) is 5.39. The topological polar surface area (TPSA) is 20.2 Å². The van der Waals surface area contributed by atoms with E-state index in [1.165, 1.54) is 6.07 Å². The predicted molar refractivity (Wildman–Crippen MR) is 60.1 cm³/mol. The predicted octanol–water partition coefficient (Wildman–Crippen LogP) is 3.16. The summed E-state index contributed by atoms with van der Waals surface area (Å²) in [5.74, 6) is -1.46. The Balaban J connectivity index is 2.90. The first kappa shape index (κ1) is 13.1. The highest BCUT2D eigenvalue weighted by molar-refractivity contribution is 5.19. The van der Waals surface area contributed by atoms with E-state index in [0.29, 0.717) is 12.0 Å². The van der Waals surface area contributed by atoms with E-state index in [2.05, 4.69) is 0 Å². The monoisotopic (exact) mass is 228 g/mol. The lowest BCUT2D eigenvalue weighted by atomic mass is 9.85. The quantitative estimate of drug-likeness (QED) is 0.839. The lowest BCUT2D eigenvalue weighted by molar-refractivity contribution is 0.0970. The molecule has 1 aromatic rings. The molecule has 90 valence electrons. The highest BCUT2D eigenvalue weighted by Crippen LogP contribution is 2.23. The number of halogens is 2. The third kappa shape index (κ3) is 3.01. The Morgan fingerprint density at radius 2 is 1.81 bits per heavy atom. The summed E-state index contributed by atoms with van der Waals surface area (Å²) in [5.41, 5.74) is 0.333. The zero-order valence-corrected chi connectivity index (χ0v) is 9.87. The summed E-state index contributed by atoms with van der Waals surface area (Å²) in [7, 11) is 0. The van der Waals surface area contributed by atoms with Gasteiger partial charge in [-0.1, -0.05) is 26.0 Å². The van der Waals surface area contributed by atoms with E-state index in [9.17, 15) is 13.9 Å². The molecule has 1 nitrogen and oxygen atoms in total. The van der Waals surface area contributed by atoms with Crippen LogP contribution >= 0.6 is 0 Å². The van der Waals surface area contributed by atoms with Gasteiger partial charge in [0.1, 0.15) is 0 Å². The van der Waals surface area contributed by atoms with Gasteiger partial charge in [-0.15, -0.1) is 0 Å². The summed E-state index contributed by atoms with van der Waals surface area (Å²) in [5, 5.41) is 9.59. The van der Waals surface area contributed by atoms with Crippen LogP contribution in [0, 0.1) is 23.5 Å². The van der Waals surface area contributed by atoms with E-state index >= 15 is 0 Å². The highest BCUT2D eigenvalue weighted by atomic mass is 19.2. The van der Waals surface area contributed by atoms with Crippen molar-refractivity contribution < 1.29 is 13.9 Å². The average Bonchev–Trinajstić information content (AvgIpc) is 2.19. The Kier molecular flexibility index (Phi) is 4.42.